The Morgan fingerprint density at radius 2 is 1.67 bits per heavy atom. The molecule has 1 amide bonds. The lowest BCUT2D eigenvalue weighted by atomic mass is 10.1. The van der Waals surface area contributed by atoms with Gasteiger partial charge in [0.25, 0.3) is 5.91 Å². The molecule has 0 radical (unpaired) electrons. The Bertz CT molecular complexity index is 1390. The number of hydrogen-bond donors (Lipinski definition) is 1. The predicted molar refractivity (Wildman–Crippen MR) is 141 cm³/mol. The van der Waals surface area contributed by atoms with Crippen molar-refractivity contribution < 1.29 is 19.0 Å². The van der Waals surface area contributed by atoms with Crippen LogP contribution >= 0.6 is 11.8 Å². The van der Waals surface area contributed by atoms with Crippen molar-refractivity contribution in [2.45, 2.75) is 0 Å². The number of hydrogen-bond acceptors (Lipinski definition) is 7. The Hall–Kier alpha value is -4.37. The van der Waals surface area contributed by atoms with Gasteiger partial charge in [-0.15, -0.1) is 0 Å². The van der Waals surface area contributed by atoms with Gasteiger partial charge in [-0.05, 0) is 47.7 Å². The molecule has 3 aromatic rings. The van der Waals surface area contributed by atoms with Gasteiger partial charge in [-0.3, -0.25) is 10.2 Å². The maximum absolute atomic E-state index is 12.8. The molecule has 0 saturated heterocycles. The van der Waals surface area contributed by atoms with Gasteiger partial charge < -0.3 is 14.2 Å². The average molecular weight is 499 g/mol. The highest BCUT2D eigenvalue weighted by molar-refractivity contribution is 8.27. The summed E-state index contributed by atoms with van der Waals surface area (Å²) in [5.41, 5.74) is 1.72. The number of nitrogens with one attached hydrogen (secondary N) is 1. The fourth-order valence-corrected chi connectivity index (χ4v) is 4.47. The molecule has 0 fully saturated rings. The molecule has 180 valence electrons. The summed E-state index contributed by atoms with van der Waals surface area (Å²) in [4.78, 5) is 16.9. The highest BCUT2D eigenvalue weighted by Crippen LogP contribution is 2.32. The molecular weight excluding hydrogens is 476 g/mol. The SMILES string of the molecule is COc1cc(/C=C2\C(=N)N3N=C(c4ccccc4)SC3=NC2=O)ccc1OCCOc1ccccc1. The van der Waals surface area contributed by atoms with Crippen LogP contribution in [0.3, 0.4) is 0 Å². The summed E-state index contributed by atoms with van der Waals surface area (Å²) in [6.07, 6.45) is 1.61. The van der Waals surface area contributed by atoms with Gasteiger partial charge in [-0.25, -0.2) is 0 Å². The van der Waals surface area contributed by atoms with Crippen LogP contribution in [0.25, 0.3) is 6.08 Å². The molecule has 0 atom stereocenters. The molecule has 0 aromatic heterocycles. The number of nitrogens with zero attached hydrogens (tertiary/aromatic N) is 3. The average Bonchev–Trinajstić information content (AvgIpc) is 3.35. The van der Waals surface area contributed by atoms with E-state index in [2.05, 4.69) is 10.1 Å². The van der Waals surface area contributed by atoms with Crippen molar-refractivity contribution in [1.82, 2.24) is 5.01 Å². The molecule has 3 aromatic carbocycles. The fraction of sp³-hybridized carbons (Fsp3) is 0.111. The largest absolute Gasteiger partial charge is 0.493 e. The second-order valence-electron chi connectivity index (χ2n) is 7.71. The molecule has 2 heterocycles. The monoisotopic (exact) mass is 498 g/mol. The van der Waals surface area contributed by atoms with E-state index < -0.39 is 5.91 Å². The maximum atomic E-state index is 12.8. The van der Waals surface area contributed by atoms with Gasteiger partial charge in [-0.2, -0.15) is 15.1 Å². The zero-order chi connectivity index (χ0) is 24.9. The van der Waals surface area contributed by atoms with Crippen molar-refractivity contribution in [2.24, 2.45) is 10.1 Å². The number of fused-ring (bicyclic) bond motifs is 1. The summed E-state index contributed by atoms with van der Waals surface area (Å²) in [6, 6.07) is 24.4. The van der Waals surface area contributed by atoms with E-state index >= 15 is 0 Å². The minimum absolute atomic E-state index is 0.0271. The Labute approximate surface area is 212 Å². The van der Waals surface area contributed by atoms with E-state index in [0.29, 0.717) is 40.5 Å². The lowest BCUT2D eigenvalue weighted by Gasteiger charge is -2.20. The first-order chi connectivity index (χ1) is 17.6. The van der Waals surface area contributed by atoms with Crippen LogP contribution in [0.15, 0.2) is 94.5 Å². The van der Waals surface area contributed by atoms with Crippen LogP contribution in [0.4, 0.5) is 0 Å². The van der Waals surface area contributed by atoms with Crippen LogP contribution in [0.2, 0.25) is 0 Å². The molecule has 8 nitrogen and oxygen atoms in total. The molecule has 0 bridgehead atoms. The van der Waals surface area contributed by atoms with Crippen LogP contribution in [0.1, 0.15) is 11.1 Å². The van der Waals surface area contributed by atoms with Crippen LogP contribution in [0, 0.1) is 5.41 Å². The quantitative estimate of drug-likeness (QED) is 0.353. The first-order valence-corrected chi connectivity index (χ1v) is 12.0. The van der Waals surface area contributed by atoms with Crippen molar-refractivity contribution in [3.8, 4) is 17.2 Å². The van der Waals surface area contributed by atoms with Crippen molar-refractivity contribution >= 4 is 39.8 Å². The Kier molecular flexibility index (Phi) is 6.81. The van der Waals surface area contributed by atoms with Gasteiger partial charge in [-0.1, -0.05) is 54.6 Å². The fourth-order valence-electron chi connectivity index (χ4n) is 3.58. The number of rotatable bonds is 8. The lowest BCUT2D eigenvalue weighted by Crippen LogP contribution is -2.35. The minimum atomic E-state index is -0.486. The van der Waals surface area contributed by atoms with Gasteiger partial charge >= 0.3 is 0 Å². The molecular formula is C27H22N4O4S. The summed E-state index contributed by atoms with van der Waals surface area (Å²) in [6.45, 7) is 0.713. The molecule has 0 saturated carbocycles. The number of carbonyl (C=O) groups is 1. The van der Waals surface area contributed by atoms with Crippen LogP contribution in [0.5, 0.6) is 17.2 Å². The normalized spacial score (nSPS) is 15.9. The highest BCUT2D eigenvalue weighted by atomic mass is 32.2. The van der Waals surface area contributed by atoms with E-state index in [1.165, 1.54) is 16.8 Å². The third-order valence-corrected chi connectivity index (χ3v) is 6.28. The number of methoxy groups -OCH3 is 1. The third-order valence-electron chi connectivity index (χ3n) is 5.33. The molecule has 2 aliphatic heterocycles. The predicted octanol–water partition coefficient (Wildman–Crippen LogP) is 4.82. The smallest absolute Gasteiger partial charge is 0.283 e. The number of amidine groups is 2. The number of ether oxygens (including phenoxy) is 3. The van der Waals surface area contributed by atoms with Gasteiger partial charge in [0.1, 0.15) is 24.0 Å². The highest BCUT2D eigenvalue weighted by Gasteiger charge is 2.36. The molecule has 0 aliphatic carbocycles. The van der Waals surface area contributed by atoms with Crippen molar-refractivity contribution in [3.63, 3.8) is 0 Å². The van der Waals surface area contributed by atoms with E-state index in [9.17, 15) is 4.79 Å². The number of aliphatic imine (C=N–C) groups is 1. The van der Waals surface area contributed by atoms with Gasteiger partial charge in [0.2, 0.25) is 5.17 Å². The maximum Gasteiger partial charge on any atom is 0.283 e. The molecule has 9 heteroatoms. The van der Waals surface area contributed by atoms with Gasteiger partial charge in [0.15, 0.2) is 17.3 Å². The topological polar surface area (TPSA) is 96.6 Å². The second kappa shape index (κ2) is 10.5. The second-order valence-corrected chi connectivity index (χ2v) is 8.67. The Balaban J connectivity index is 1.29. The number of hydrazone groups is 1. The zero-order valence-corrected chi connectivity index (χ0v) is 20.2. The first-order valence-electron chi connectivity index (χ1n) is 11.2. The Morgan fingerprint density at radius 1 is 0.944 bits per heavy atom. The molecule has 2 aliphatic rings. The summed E-state index contributed by atoms with van der Waals surface area (Å²) in [5, 5.41) is 15.6. The van der Waals surface area contributed by atoms with Crippen LogP contribution < -0.4 is 14.2 Å². The number of thioether (sulfide) groups is 1. The first kappa shape index (κ1) is 23.4. The standard InChI is InChI=1S/C27H22N4O4S/c1-33-23-17-18(12-13-22(23)35-15-14-34-20-10-6-3-7-11-20)16-21-24(28)31-27(29-25(21)32)36-26(30-31)19-8-4-2-5-9-19/h2-13,16-17,28H,14-15H2,1H3/b21-16+,28-24?. The van der Waals surface area contributed by atoms with Crippen molar-refractivity contribution in [1.29, 1.82) is 5.41 Å². The van der Waals surface area contributed by atoms with Gasteiger partial charge in [0, 0.05) is 5.56 Å². The third kappa shape index (κ3) is 5.01. The van der Waals surface area contributed by atoms with Crippen LogP contribution in [-0.2, 0) is 4.79 Å². The number of carbonyl (C=O) groups excluding carboxylic acids is 1. The molecule has 5 rings (SSSR count). The van der Waals surface area contributed by atoms with E-state index in [0.717, 1.165) is 11.3 Å². The van der Waals surface area contributed by atoms with Crippen LogP contribution in [-0.4, -0.2) is 47.3 Å². The molecule has 36 heavy (non-hydrogen) atoms. The Morgan fingerprint density at radius 3 is 2.42 bits per heavy atom. The summed E-state index contributed by atoms with van der Waals surface area (Å²) in [7, 11) is 1.55. The summed E-state index contributed by atoms with van der Waals surface area (Å²) >= 11 is 1.27. The number of amides is 1. The summed E-state index contributed by atoms with van der Waals surface area (Å²) < 4.78 is 17.0. The zero-order valence-electron chi connectivity index (χ0n) is 19.4. The van der Waals surface area contributed by atoms with E-state index in [1.807, 2.05) is 60.7 Å². The lowest BCUT2D eigenvalue weighted by molar-refractivity contribution is -0.114. The number of para-hydroxylation sites is 1. The van der Waals surface area contributed by atoms with Gasteiger partial charge in [0.05, 0.1) is 12.7 Å². The summed E-state index contributed by atoms with van der Waals surface area (Å²) in [5.74, 6) is 1.32. The number of benzene rings is 3. The van der Waals surface area contributed by atoms with E-state index in [1.54, 1.807) is 31.4 Å². The van der Waals surface area contributed by atoms with E-state index in [-0.39, 0.29) is 11.4 Å². The minimum Gasteiger partial charge on any atom is -0.493 e. The molecule has 0 spiro atoms. The van der Waals surface area contributed by atoms with Crippen molar-refractivity contribution in [2.75, 3.05) is 20.3 Å². The molecule has 1 N–H and O–H groups in total. The van der Waals surface area contributed by atoms with E-state index in [4.69, 9.17) is 19.6 Å². The molecule has 0 unspecified atom stereocenters. The van der Waals surface area contributed by atoms with Crippen molar-refractivity contribution in [3.05, 3.63) is 95.6 Å².